The highest BCUT2D eigenvalue weighted by Crippen LogP contribution is 2.18. The van der Waals surface area contributed by atoms with Crippen molar-refractivity contribution in [2.45, 2.75) is 19.1 Å². The molecule has 4 nitrogen and oxygen atoms in total. The van der Waals surface area contributed by atoms with E-state index in [0.29, 0.717) is 38.2 Å². The lowest BCUT2D eigenvalue weighted by Gasteiger charge is -2.22. The maximum Gasteiger partial charge on any atom is 0.401 e. The number of amides is 1. The maximum atomic E-state index is 12.4. The Labute approximate surface area is 127 Å². The third kappa shape index (κ3) is 4.71. The standard InChI is InChI=1S/C15H20F3N3O/c16-15(17,18)11-20-6-1-7-21(9-8-20)14(22)13-4-2-12(10-19)3-5-13/h2-5H,1,6-11,19H2. The van der Waals surface area contributed by atoms with Crippen LogP contribution in [0.3, 0.4) is 0 Å². The maximum absolute atomic E-state index is 12.4. The second-order valence-electron chi connectivity index (χ2n) is 5.44. The Hall–Kier alpha value is -1.60. The number of benzene rings is 1. The minimum atomic E-state index is -4.20. The molecule has 0 saturated carbocycles. The molecule has 0 atom stereocenters. The van der Waals surface area contributed by atoms with E-state index in [1.165, 1.54) is 4.90 Å². The van der Waals surface area contributed by atoms with Crippen LogP contribution in [-0.2, 0) is 6.54 Å². The lowest BCUT2D eigenvalue weighted by atomic mass is 10.1. The summed E-state index contributed by atoms with van der Waals surface area (Å²) in [5, 5.41) is 0. The first-order valence-corrected chi connectivity index (χ1v) is 7.26. The van der Waals surface area contributed by atoms with Crippen LogP contribution in [0.5, 0.6) is 0 Å². The number of rotatable bonds is 3. The first-order valence-electron chi connectivity index (χ1n) is 7.26. The van der Waals surface area contributed by atoms with E-state index in [0.717, 1.165) is 5.56 Å². The highest BCUT2D eigenvalue weighted by Gasteiger charge is 2.31. The molecule has 0 bridgehead atoms. The SMILES string of the molecule is NCc1ccc(C(=O)N2CCCN(CC(F)(F)F)CC2)cc1. The Morgan fingerprint density at radius 1 is 1.09 bits per heavy atom. The molecule has 1 saturated heterocycles. The van der Waals surface area contributed by atoms with E-state index in [4.69, 9.17) is 5.73 Å². The van der Waals surface area contributed by atoms with Gasteiger partial charge < -0.3 is 10.6 Å². The number of nitrogens with two attached hydrogens (primary N) is 1. The molecule has 0 aromatic heterocycles. The molecule has 1 amide bonds. The largest absolute Gasteiger partial charge is 0.401 e. The summed E-state index contributed by atoms with van der Waals surface area (Å²) < 4.78 is 37.3. The normalized spacial score (nSPS) is 17.4. The first-order chi connectivity index (χ1) is 10.4. The van der Waals surface area contributed by atoms with Gasteiger partial charge in [0.1, 0.15) is 0 Å². The van der Waals surface area contributed by atoms with Gasteiger partial charge in [0.25, 0.3) is 5.91 Å². The Bertz CT molecular complexity index is 502. The van der Waals surface area contributed by atoms with Gasteiger partial charge in [0.2, 0.25) is 0 Å². The molecular formula is C15H20F3N3O. The van der Waals surface area contributed by atoms with Gasteiger partial charge in [-0.3, -0.25) is 9.69 Å². The van der Waals surface area contributed by atoms with Crippen molar-refractivity contribution >= 4 is 5.91 Å². The number of carbonyl (C=O) groups is 1. The molecule has 1 fully saturated rings. The van der Waals surface area contributed by atoms with Crippen molar-refractivity contribution in [3.8, 4) is 0 Å². The first kappa shape index (κ1) is 16.8. The minimum absolute atomic E-state index is 0.141. The molecule has 2 rings (SSSR count). The molecule has 22 heavy (non-hydrogen) atoms. The van der Waals surface area contributed by atoms with Crippen LogP contribution in [0.1, 0.15) is 22.3 Å². The van der Waals surface area contributed by atoms with Gasteiger partial charge in [0.15, 0.2) is 0 Å². The van der Waals surface area contributed by atoms with Crippen molar-refractivity contribution < 1.29 is 18.0 Å². The van der Waals surface area contributed by atoms with Crippen LogP contribution in [0, 0.1) is 0 Å². The van der Waals surface area contributed by atoms with Crippen LogP contribution in [0.2, 0.25) is 0 Å². The molecule has 0 aliphatic carbocycles. The van der Waals surface area contributed by atoms with Crippen molar-refractivity contribution in [3.63, 3.8) is 0 Å². The molecule has 1 aliphatic heterocycles. The van der Waals surface area contributed by atoms with Crippen molar-refractivity contribution in [2.24, 2.45) is 5.73 Å². The fraction of sp³-hybridized carbons (Fsp3) is 0.533. The van der Waals surface area contributed by atoms with Gasteiger partial charge >= 0.3 is 6.18 Å². The predicted molar refractivity (Wildman–Crippen MR) is 77.3 cm³/mol. The van der Waals surface area contributed by atoms with E-state index >= 15 is 0 Å². The van der Waals surface area contributed by atoms with Crippen molar-refractivity contribution in [1.29, 1.82) is 0 Å². The number of halogens is 3. The highest BCUT2D eigenvalue weighted by molar-refractivity contribution is 5.94. The fourth-order valence-corrected chi connectivity index (χ4v) is 2.55. The molecular weight excluding hydrogens is 295 g/mol. The average molecular weight is 315 g/mol. The summed E-state index contributed by atoms with van der Waals surface area (Å²) in [6.07, 6.45) is -3.65. The zero-order chi connectivity index (χ0) is 16.2. The molecule has 1 aliphatic rings. The smallest absolute Gasteiger partial charge is 0.337 e. The topological polar surface area (TPSA) is 49.6 Å². The molecule has 1 heterocycles. The quantitative estimate of drug-likeness (QED) is 0.926. The Kier molecular flexibility index (Phi) is 5.42. The third-order valence-corrected chi connectivity index (χ3v) is 3.72. The second-order valence-corrected chi connectivity index (χ2v) is 5.44. The summed E-state index contributed by atoms with van der Waals surface area (Å²) in [4.78, 5) is 15.4. The van der Waals surface area contributed by atoms with Crippen LogP contribution in [-0.4, -0.2) is 54.6 Å². The van der Waals surface area contributed by atoms with Crippen LogP contribution >= 0.6 is 0 Å². The number of alkyl halides is 3. The van der Waals surface area contributed by atoms with Gasteiger partial charge in [-0.15, -0.1) is 0 Å². The van der Waals surface area contributed by atoms with Crippen LogP contribution in [0.25, 0.3) is 0 Å². The second kappa shape index (κ2) is 7.11. The van der Waals surface area contributed by atoms with Crippen LogP contribution in [0.15, 0.2) is 24.3 Å². The molecule has 0 spiro atoms. The zero-order valence-corrected chi connectivity index (χ0v) is 12.3. The molecule has 2 N–H and O–H groups in total. The Morgan fingerprint density at radius 3 is 2.36 bits per heavy atom. The van der Waals surface area contributed by atoms with Gasteiger partial charge in [0.05, 0.1) is 6.54 Å². The molecule has 0 unspecified atom stereocenters. The monoisotopic (exact) mass is 315 g/mol. The number of hydrogen-bond acceptors (Lipinski definition) is 3. The summed E-state index contributed by atoms with van der Waals surface area (Å²) >= 11 is 0. The van der Waals surface area contributed by atoms with Crippen LogP contribution < -0.4 is 5.73 Å². The van der Waals surface area contributed by atoms with E-state index in [1.807, 2.05) is 0 Å². The summed E-state index contributed by atoms with van der Waals surface area (Å²) in [7, 11) is 0. The highest BCUT2D eigenvalue weighted by atomic mass is 19.4. The number of nitrogens with zero attached hydrogens (tertiary/aromatic N) is 2. The van der Waals surface area contributed by atoms with Gasteiger partial charge in [0, 0.05) is 38.3 Å². The zero-order valence-electron chi connectivity index (χ0n) is 12.3. The van der Waals surface area contributed by atoms with E-state index < -0.39 is 12.7 Å². The minimum Gasteiger partial charge on any atom is -0.337 e. The van der Waals surface area contributed by atoms with Gasteiger partial charge in [-0.2, -0.15) is 13.2 Å². The van der Waals surface area contributed by atoms with Gasteiger partial charge in [-0.1, -0.05) is 12.1 Å². The summed E-state index contributed by atoms with van der Waals surface area (Å²) in [6, 6.07) is 7.01. The van der Waals surface area contributed by atoms with E-state index in [9.17, 15) is 18.0 Å². The van der Waals surface area contributed by atoms with E-state index in [2.05, 4.69) is 0 Å². The molecule has 0 radical (unpaired) electrons. The lowest BCUT2D eigenvalue weighted by molar-refractivity contribution is -0.145. The Balaban J connectivity index is 1.96. The molecule has 1 aromatic rings. The average Bonchev–Trinajstić information content (AvgIpc) is 2.70. The fourth-order valence-electron chi connectivity index (χ4n) is 2.55. The number of carbonyl (C=O) groups excluding carboxylic acids is 1. The lowest BCUT2D eigenvalue weighted by Crippen LogP contribution is -2.38. The molecule has 7 heteroatoms. The summed E-state index contributed by atoms with van der Waals surface area (Å²) in [5.74, 6) is -0.141. The van der Waals surface area contributed by atoms with E-state index in [1.54, 1.807) is 29.2 Å². The van der Waals surface area contributed by atoms with Crippen molar-refractivity contribution in [3.05, 3.63) is 35.4 Å². The van der Waals surface area contributed by atoms with Gasteiger partial charge in [-0.25, -0.2) is 0 Å². The summed E-state index contributed by atoms with van der Waals surface area (Å²) in [5.41, 5.74) is 6.99. The van der Waals surface area contributed by atoms with E-state index in [-0.39, 0.29) is 12.5 Å². The Morgan fingerprint density at radius 2 is 1.77 bits per heavy atom. The van der Waals surface area contributed by atoms with Crippen molar-refractivity contribution in [1.82, 2.24) is 9.80 Å². The molecule has 1 aromatic carbocycles. The number of hydrogen-bond donors (Lipinski definition) is 1. The predicted octanol–water partition coefficient (Wildman–Crippen LogP) is 1.86. The van der Waals surface area contributed by atoms with Crippen LogP contribution in [0.4, 0.5) is 13.2 Å². The molecule has 122 valence electrons. The summed E-state index contributed by atoms with van der Waals surface area (Å²) in [6.45, 7) is 0.881. The third-order valence-electron chi connectivity index (χ3n) is 3.72. The van der Waals surface area contributed by atoms with Gasteiger partial charge in [-0.05, 0) is 24.1 Å². The van der Waals surface area contributed by atoms with Crippen molar-refractivity contribution in [2.75, 3.05) is 32.7 Å².